The maximum Gasteiger partial charge on any atom is 0.417 e. The molecule has 0 saturated carbocycles. The van der Waals surface area contributed by atoms with Crippen molar-refractivity contribution in [3.8, 4) is 0 Å². The molecule has 2 rings (SSSR count). The minimum absolute atomic E-state index is 0.266. The zero-order chi connectivity index (χ0) is 18.8. The quantitative estimate of drug-likeness (QED) is 0.767. The Balaban J connectivity index is 2.05. The van der Waals surface area contributed by atoms with E-state index in [2.05, 4.69) is 26.2 Å². The van der Waals surface area contributed by atoms with Crippen LogP contribution in [-0.4, -0.2) is 35.8 Å². The van der Waals surface area contributed by atoms with Crippen LogP contribution in [0.25, 0.3) is 0 Å². The van der Waals surface area contributed by atoms with Crippen molar-refractivity contribution < 1.29 is 22.7 Å². The van der Waals surface area contributed by atoms with E-state index in [1.54, 1.807) is 0 Å². The predicted molar refractivity (Wildman–Crippen MR) is 91.5 cm³/mol. The Morgan fingerprint density at radius 1 is 1.40 bits per heavy atom. The van der Waals surface area contributed by atoms with Crippen LogP contribution in [0.3, 0.4) is 0 Å². The van der Waals surface area contributed by atoms with Crippen molar-refractivity contribution in [2.45, 2.75) is 51.4 Å². The summed E-state index contributed by atoms with van der Waals surface area (Å²) in [5.74, 6) is 0.414. The number of piperidine rings is 1. The van der Waals surface area contributed by atoms with Crippen LogP contribution < -0.4 is 10.2 Å². The molecule has 25 heavy (non-hydrogen) atoms. The number of carbonyl (C=O) groups is 1. The molecule has 0 unspecified atom stereocenters. The number of amides is 1. The van der Waals surface area contributed by atoms with Gasteiger partial charge in [-0.1, -0.05) is 0 Å². The fraction of sp³-hybridized carbons (Fsp3) is 0.625. The average Bonchev–Trinajstić information content (AvgIpc) is 2.44. The molecule has 5 nitrogen and oxygen atoms in total. The van der Waals surface area contributed by atoms with Crippen LogP contribution in [0.15, 0.2) is 16.7 Å². The first kappa shape index (κ1) is 19.8. The largest absolute Gasteiger partial charge is 0.444 e. The SMILES string of the molecule is CC(C)(C)NC(=O)O[C@@H]1CCCN(c2ncc(C(F)(F)F)cc2Br)C1. The molecule has 1 aliphatic rings. The first-order valence-electron chi connectivity index (χ1n) is 7.92. The van der Waals surface area contributed by atoms with E-state index >= 15 is 0 Å². The number of halogens is 4. The second-order valence-electron chi connectivity index (χ2n) is 7.02. The van der Waals surface area contributed by atoms with Crippen molar-refractivity contribution >= 4 is 27.8 Å². The molecule has 0 bridgehead atoms. The normalized spacial score (nSPS) is 18.8. The van der Waals surface area contributed by atoms with Gasteiger partial charge in [-0.05, 0) is 55.6 Å². The molecular formula is C16H21BrF3N3O2. The number of nitrogens with zero attached hydrogens (tertiary/aromatic N) is 2. The molecule has 0 aromatic carbocycles. The zero-order valence-electron chi connectivity index (χ0n) is 14.3. The van der Waals surface area contributed by atoms with Gasteiger partial charge in [0.05, 0.1) is 16.6 Å². The minimum atomic E-state index is -4.44. The van der Waals surface area contributed by atoms with Crippen LogP contribution in [0.2, 0.25) is 0 Å². The number of alkyl carbamates (subject to hydrolysis) is 1. The average molecular weight is 424 g/mol. The Labute approximate surface area is 153 Å². The van der Waals surface area contributed by atoms with Crippen molar-refractivity contribution in [2.75, 3.05) is 18.0 Å². The lowest BCUT2D eigenvalue weighted by atomic mass is 10.1. The van der Waals surface area contributed by atoms with Gasteiger partial charge in [0.2, 0.25) is 0 Å². The smallest absolute Gasteiger partial charge is 0.417 e. The molecule has 1 N–H and O–H groups in total. The van der Waals surface area contributed by atoms with E-state index in [1.165, 1.54) is 0 Å². The standard InChI is InChI=1S/C16H21BrF3N3O2/c1-15(2,3)22-14(24)25-11-5-4-6-23(9-11)13-12(17)7-10(8-21-13)16(18,19)20/h7-8,11H,4-6,9H2,1-3H3,(H,22,24)/t11-/m1/s1. The van der Waals surface area contributed by atoms with E-state index in [0.29, 0.717) is 25.3 Å². The fourth-order valence-electron chi connectivity index (χ4n) is 2.53. The van der Waals surface area contributed by atoms with Gasteiger partial charge < -0.3 is 15.0 Å². The third-order valence-corrected chi connectivity index (χ3v) is 4.16. The highest BCUT2D eigenvalue weighted by molar-refractivity contribution is 9.10. The second kappa shape index (κ2) is 7.39. The number of pyridine rings is 1. The van der Waals surface area contributed by atoms with Crippen molar-refractivity contribution in [3.05, 3.63) is 22.3 Å². The zero-order valence-corrected chi connectivity index (χ0v) is 15.9. The van der Waals surface area contributed by atoms with Crippen LogP contribution in [-0.2, 0) is 10.9 Å². The van der Waals surface area contributed by atoms with Gasteiger partial charge in [-0.2, -0.15) is 13.2 Å². The lowest BCUT2D eigenvalue weighted by molar-refractivity contribution is -0.137. The van der Waals surface area contributed by atoms with Crippen LogP contribution in [0.5, 0.6) is 0 Å². The lowest BCUT2D eigenvalue weighted by Crippen LogP contribution is -2.46. The number of anilines is 1. The van der Waals surface area contributed by atoms with E-state index in [1.807, 2.05) is 25.7 Å². The summed E-state index contributed by atoms with van der Waals surface area (Å²) in [6, 6.07) is 1.01. The van der Waals surface area contributed by atoms with Gasteiger partial charge in [0.25, 0.3) is 0 Å². The molecular weight excluding hydrogens is 403 g/mol. The van der Waals surface area contributed by atoms with Crippen molar-refractivity contribution in [1.82, 2.24) is 10.3 Å². The molecule has 1 saturated heterocycles. The second-order valence-corrected chi connectivity index (χ2v) is 7.87. The van der Waals surface area contributed by atoms with E-state index in [-0.39, 0.29) is 10.6 Å². The number of hydrogen-bond acceptors (Lipinski definition) is 4. The summed E-state index contributed by atoms with van der Waals surface area (Å²) >= 11 is 3.16. The number of carbonyl (C=O) groups excluding carboxylic acids is 1. The Bertz CT molecular complexity index is 632. The molecule has 0 radical (unpaired) electrons. The summed E-state index contributed by atoms with van der Waals surface area (Å²) in [4.78, 5) is 17.7. The van der Waals surface area contributed by atoms with Crippen LogP contribution in [0.4, 0.5) is 23.8 Å². The third-order valence-electron chi connectivity index (χ3n) is 3.58. The van der Waals surface area contributed by atoms with Gasteiger partial charge in [0.15, 0.2) is 0 Å². The van der Waals surface area contributed by atoms with Gasteiger partial charge in [-0.25, -0.2) is 9.78 Å². The summed E-state index contributed by atoms with van der Waals surface area (Å²) in [6.45, 7) is 6.58. The number of hydrogen-bond donors (Lipinski definition) is 1. The monoisotopic (exact) mass is 423 g/mol. The summed E-state index contributed by atoms with van der Waals surface area (Å²) in [7, 11) is 0. The molecule has 1 aliphatic heterocycles. The Kier molecular flexibility index (Phi) is 5.86. The van der Waals surface area contributed by atoms with Gasteiger partial charge in [0, 0.05) is 18.3 Å². The van der Waals surface area contributed by atoms with Crippen molar-refractivity contribution in [3.63, 3.8) is 0 Å². The van der Waals surface area contributed by atoms with Crippen LogP contribution in [0.1, 0.15) is 39.2 Å². The lowest BCUT2D eigenvalue weighted by Gasteiger charge is -2.34. The minimum Gasteiger partial charge on any atom is -0.444 e. The third kappa shape index (κ3) is 5.76. The fourth-order valence-corrected chi connectivity index (χ4v) is 3.13. The highest BCUT2D eigenvalue weighted by Crippen LogP contribution is 2.34. The number of ether oxygens (including phenoxy) is 1. The number of alkyl halides is 3. The van der Waals surface area contributed by atoms with Gasteiger partial charge in [0.1, 0.15) is 11.9 Å². The highest BCUT2D eigenvalue weighted by Gasteiger charge is 2.33. The molecule has 1 atom stereocenters. The first-order chi connectivity index (χ1) is 11.5. The predicted octanol–water partition coefficient (Wildman–Crippen LogP) is 4.36. The molecule has 2 heterocycles. The van der Waals surface area contributed by atoms with Crippen molar-refractivity contribution in [2.24, 2.45) is 0 Å². The van der Waals surface area contributed by atoms with Gasteiger partial charge >= 0.3 is 12.3 Å². The van der Waals surface area contributed by atoms with E-state index in [0.717, 1.165) is 18.7 Å². The van der Waals surface area contributed by atoms with Gasteiger partial charge in [-0.15, -0.1) is 0 Å². The van der Waals surface area contributed by atoms with Gasteiger partial charge in [-0.3, -0.25) is 0 Å². The first-order valence-corrected chi connectivity index (χ1v) is 8.71. The van der Waals surface area contributed by atoms with Crippen LogP contribution in [0, 0.1) is 0 Å². The summed E-state index contributed by atoms with van der Waals surface area (Å²) < 4.78 is 43.9. The Hall–Kier alpha value is -1.51. The molecule has 1 amide bonds. The molecule has 0 aliphatic carbocycles. The maximum atomic E-state index is 12.7. The molecule has 1 aromatic rings. The molecule has 1 aromatic heterocycles. The summed E-state index contributed by atoms with van der Waals surface area (Å²) in [5, 5.41) is 2.73. The molecule has 1 fully saturated rings. The summed E-state index contributed by atoms with van der Waals surface area (Å²) in [6.07, 6.45) is -3.01. The van der Waals surface area contributed by atoms with Crippen LogP contribution >= 0.6 is 15.9 Å². The molecule has 140 valence electrons. The van der Waals surface area contributed by atoms with E-state index in [9.17, 15) is 18.0 Å². The topological polar surface area (TPSA) is 54.5 Å². The Morgan fingerprint density at radius 2 is 2.08 bits per heavy atom. The molecule has 9 heteroatoms. The number of aromatic nitrogens is 1. The number of rotatable bonds is 2. The maximum absolute atomic E-state index is 12.7. The van der Waals surface area contributed by atoms with E-state index in [4.69, 9.17) is 4.74 Å². The highest BCUT2D eigenvalue weighted by atomic mass is 79.9. The Morgan fingerprint density at radius 3 is 2.64 bits per heavy atom. The van der Waals surface area contributed by atoms with E-state index < -0.39 is 23.4 Å². The summed E-state index contributed by atoms with van der Waals surface area (Å²) in [5.41, 5.74) is -1.21. The van der Waals surface area contributed by atoms with Crippen molar-refractivity contribution in [1.29, 1.82) is 0 Å². The number of nitrogens with one attached hydrogen (secondary N) is 1. The molecule has 0 spiro atoms.